The molecule has 23 heavy (non-hydrogen) atoms. The molecule has 0 saturated carbocycles. The fourth-order valence-corrected chi connectivity index (χ4v) is 2.92. The van der Waals surface area contributed by atoms with Gasteiger partial charge in [0.25, 0.3) is 5.91 Å². The number of nitrogens with zero attached hydrogens (tertiary/aromatic N) is 3. The smallest absolute Gasteiger partial charge is 0.257 e. The number of aryl methyl sites for hydroxylation is 4. The molecule has 3 rings (SSSR count). The number of hydrogen-bond acceptors (Lipinski definition) is 5. The summed E-state index contributed by atoms with van der Waals surface area (Å²) in [6, 6.07) is 1.82. The molecule has 1 amide bonds. The molecule has 2 aromatic heterocycles. The fourth-order valence-electron chi connectivity index (χ4n) is 2.92. The first-order valence-electron chi connectivity index (χ1n) is 7.95. The highest BCUT2D eigenvalue weighted by Gasteiger charge is 2.25. The lowest BCUT2D eigenvalue weighted by Gasteiger charge is -2.33. The van der Waals surface area contributed by atoms with Crippen molar-refractivity contribution in [1.29, 1.82) is 0 Å². The molecule has 1 aliphatic rings. The van der Waals surface area contributed by atoms with Crippen LogP contribution >= 0.6 is 0 Å². The van der Waals surface area contributed by atoms with Gasteiger partial charge in [0.05, 0.1) is 17.8 Å². The lowest BCUT2D eigenvalue weighted by Crippen LogP contribution is -2.48. The van der Waals surface area contributed by atoms with E-state index in [1.165, 1.54) is 0 Å². The van der Waals surface area contributed by atoms with Gasteiger partial charge in [0, 0.05) is 26.2 Å². The summed E-state index contributed by atoms with van der Waals surface area (Å²) in [7, 11) is 0. The molecule has 0 atom stereocenters. The maximum atomic E-state index is 12.6. The zero-order valence-electron chi connectivity index (χ0n) is 14.2. The first-order chi connectivity index (χ1) is 10.9. The quantitative estimate of drug-likeness (QED) is 0.870. The van der Waals surface area contributed by atoms with Gasteiger partial charge in [-0.25, -0.2) is 4.98 Å². The van der Waals surface area contributed by atoms with E-state index in [2.05, 4.69) is 9.88 Å². The van der Waals surface area contributed by atoms with Gasteiger partial charge in [-0.15, -0.1) is 0 Å². The summed E-state index contributed by atoms with van der Waals surface area (Å²) in [5, 5.41) is 0. The number of carbonyl (C=O) groups excluding carboxylic acids is 1. The second-order valence-corrected chi connectivity index (χ2v) is 6.14. The largest absolute Gasteiger partial charge is 0.466 e. The van der Waals surface area contributed by atoms with Gasteiger partial charge in [-0.1, -0.05) is 0 Å². The van der Waals surface area contributed by atoms with E-state index < -0.39 is 0 Å². The zero-order chi connectivity index (χ0) is 16.6. The van der Waals surface area contributed by atoms with Crippen molar-refractivity contribution in [3.8, 4) is 0 Å². The van der Waals surface area contributed by atoms with Crippen LogP contribution in [-0.4, -0.2) is 46.9 Å². The molecular weight excluding hydrogens is 294 g/mol. The summed E-state index contributed by atoms with van der Waals surface area (Å²) >= 11 is 0. The van der Waals surface area contributed by atoms with Crippen LogP contribution < -0.4 is 0 Å². The Hall–Kier alpha value is -2.08. The molecule has 6 heteroatoms. The standard InChI is InChI=1S/C17H23N3O3/c1-11-9-15(14(4)22-11)17(21)20-7-5-19(6-8-20)10-16-18-12(2)13(3)23-16/h9H,5-8,10H2,1-4H3. The Morgan fingerprint density at radius 2 is 1.78 bits per heavy atom. The fraction of sp³-hybridized carbons (Fsp3) is 0.529. The van der Waals surface area contributed by atoms with Crippen molar-refractivity contribution < 1.29 is 13.6 Å². The maximum absolute atomic E-state index is 12.6. The van der Waals surface area contributed by atoms with Crippen molar-refractivity contribution in [2.24, 2.45) is 0 Å². The highest BCUT2D eigenvalue weighted by atomic mass is 16.4. The van der Waals surface area contributed by atoms with E-state index in [0.29, 0.717) is 31.0 Å². The Morgan fingerprint density at radius 1 is 1.09 bits per heavy atom. The minimum atomic E-state index is 0.0572. The van der Waals surface area contributed by atoms with Crippen molar-refractivity contribution >= 4 is 5.91 Å². The van der Waals surface area contributed by atoms with Crippen LogP contribution in [0.2, 0.25) is 0 Å². The van der Waals surface area contributed by atoms with E-state index in [9.17, 15) is 4.79 Å². The third-order valence-corrected chi connectivity index (χ3v) is 4.36. The summed E-state index contributed by atoms with van der Waals surface area (Å²) in [4.78, 5) is 21.1. The topological polar surface area (TPSA) is 62.7 Å². The van der Waals surface area contributed by atoms with Crippen LogP contribution in [0.1, 0.15) is 39.2 Å². The average molecular weight is 317 g/mol. The second-order valence-electron chi connectivity index (χ2n) is 6.14. The van der Waals surface area contributed by atoms with Crippen LogP contribution in [0, 0.1) is 27.7 Å². The minimum absolute atomic E-state index is 0.0572. The molecule has 124 valence electrons. The van der Waals surface area contributed by atoms with Crippen LogP contribution in [0.3, 0.4) is 0 Å². The van der Waals surface area contributed by atoms with E-state index in [1.54, 1.807) is 0 Å². The SMILES string of the molecule is Cc1cc(C(=O)N2CCN(Cc3nc(C)c(C)o3)CC2)c(C)o1. The number of piperazine rings is 1. The summed E-state index contributed by atoms with van der Waals surface area (Å²) in [5.74, 6) is 3.15. The molecule has 1 fully saturated rings. The van der Waals surface area contributed by atoms with Gasteiger partial charge in [-0.2, -0.15) is 0 Å². The number of rotatable bonds is 3. The van der Waals surface area contributed by atoms with Crippen molar-refractivity contribution in [2.45, 2.75) is 34.2 Å². The molecule has 2 aromatic rings. The number of aromatic nitrogens is 1. The normalized spacial score (nSPS) is 16.1. The van der Waals surface area contributed by atoms with Gasteiger partial charge >= 0.3 is 0 Å². The maximum Gasteiger partial charge on any atom is 0.257 e. The van der Waals surface area contributed by atoms with E-state index in [4.69, 9.17) is 8.83 Å². The Labute approximate surface area is 136 Å². The second kappa shape index (κ2) is 6.20. The van der Waals surface area contributed by atoms with Gasteiger partial charge in [0.2, 0.25) is 5.89 Å². The van der Waals surface area contributed by atoms with Crippen LogP contribution in [0.4, 0.5) is 0 Å². The molecule has 3 heterocycles. The lowest BCUT2D eigenvalue weighted by molar-refractivity contribution is 0.0616. The molecule has 0 bridgehead atoms. The van der Waals surface area contributed by atoms with Gasteiger partial charge < -0.3 is 13.7 Å². The highest BCUT2D eigenvalue weighted by molar-refractivity contribution is 5.95. The van der Waals surface area contributed by atoms with Crippen molar-refractivity contribution in [1.82, 2.24) is 14.8 Å². The van der Waals surface area contributed by atoms with Crippen molar-refractivity contribution in [2.75, 3.05) is 26.2 Å². The molecule has 0 spiro atoms. The molecule has 0 radical (unpaired) electrons. The molecule has 6 nitrogen and oxygen atoms in total. The predicted molar refractivity (Wildman–Crippen MR) is 85.3 cm³/mol. The average Bonchev–Trinajstić information content (AvgIpc) is 3.01. The minimum Gasteiger partial charge on any atom is -0.466 e. The molecule has 0 aromatic carbocycles. The molecular formula is C17H23N3O3. The first-order valence-corrected chi connectivity index (χ1v) is 7.95. The van der Waals surface area contributed by atoms with E-state index >= 15 is 0 Å². The summed E-state index contributed by atoms with van der Waals surface area (Å²) in [6.45, 7) is 11.3. The van der Waals surface area contributed by atoms with E-state index in [1.807, 2.05) is 38.7 Å². The monoisotopic (exact) mass is 317 g/mol. The molecule has 1 saturated heterocycles. The number of amides is 1. The number of hydrogen-bond donors (Lipinski definition) is 0. The molecule has 0 unspecified atom stereocenters. The van der Waals surface area contributed by atoms with Crippen LogP contribution in [0.5, 0.6) is 0 Å². The summed E-state index contributed by atoms with van der Waals surface area (Å²) in [5.41, 5.74) is 1.62. The summed E-state index contributed by atoms with van der Waals surface area (Å²) in [6.07, 6.45) is 0. The zero-order valence-corrected chi connectivity index (χ0v) is 14.2. The highest BCUT2D eigenvalue weighted by Crippen LogP contribution is 2.18. The first kappa shape index (κ1) is 15.8. The van der Waals surface area contributed by atoms with Gasteiger partial charge in [0.1, 0.15) is 17.3 Å². The third kappa shape index (κ3) is 3.32. The number of oxazole rings is 1. The van der Waals surface area contributed by atoms with Crippen molar-refractivity contribution in [3.05, 3.63) is 40.5 Å². The Morgan fingerprint density at radius 3 is 2.30 bits per heavy atom. The molecule has 0 N–H and O–H groups in total. The Kier molecular flexibility index (Phi) is 4.26. The lowest BCUT2D eigenvalue weighted by atomic mass is 10.2. The van der Waals surface area contributed by atoms with Gasteiger partial charge in [-0.3, -0.25) is 9.69 Å². The van der Waals surface area contributed by atoms with Crippen molar-refractivity contribution in [3.63, 3.8) is 0 Å². The Bertz CT molecular complexity index is 689. The van der Waals surface area contributed by atoms with Crippen LogP contribution in [-0.2, 0) is 6.54 Å². The molecule has 1 aliphatic heterocycles. The summed E-state index contributed by atoms with van der Waals surface area (Å²) < 4.78 is 11.1. The third-order valence-electron chi connectivity index (χ3n) is 4.36. The van der Waals surface area contributed by atoms with Gasteiger partial charge in [-0.05, 0) is 33.8 Å². The molecule has 0 aliphatic carbocycles. The number of carbonyl (C=O) groups is 1. The number of furan rings is 1. The van der Waals surface area contributed by atoms with Crippen LogP contribution in [0.15, 0.2) is 14.9 Å². The van der Waals surface area contributed by atoms with E-state index in [0.717, 1.165) is 36.2 Å². The van der Waals surface area contributed by atoms with Crippen LogP contribution in [0.25, 0.3) is 0 Å². The van der Waals surface area contributed by atoms with Gasteiger partial charge in [0.15, 0.2) is 0 Å². The van der Waals surface area contributed by atoms with E-state index in [-0.39, 0.29) is 5.91 Å². The Balaban J connectivity index is 1.58. The predicted octanol–water partition coefficient (Wildman–Crippen LogP) is 2.46.